The average molecular weight is 301 g/mol. The van der Waals surface area contributed by atoms with Gasteiger partial charge in [-0.25, -0.2) is 4.98 Å². The Bertz CT molecular complexity index is 562. The summed E-state index contributed by atoms with van der Waals surface area (Å²) >= 11 is 1.48. The summed E-state index contributed by atoms with van der Waals surface area (Å²) in [6.07, 6.45) is 4.28. The number of pyridine rings is 2. The molecular formula is C16H19N3OS. The number of amides is 1. The van der Waals surface area contributed by atoms with Crippen LogP contribution < -0.4 is 0 Å². The van der Waals surface area contributed by atoms with Crippen molar-refractivity contribution in [1.29, 1.82) is 0 Å². The zero-order valence-corrected chi connectivity index (χ0v) is 13.1. The van der Waals surface area contributed by atoms with Crippen LogP contribution in [0.2, 0.25) is 0 Å². The van der Waals surface area contributed by atoms with E-state index in [0.717, 1.165) is 17.1 Å². The molecule has 4 nitrogen and oxygen atoms in total. The Balaban J connectivity index is 1.84. The summed E-state index contributed by atoms with van der Waals surface area (Å²) in [5.41, 5.74) is 1.00. The van der Waals surface area contributed by atoms with E-state index in [1.165, 1.54) is 11.8 Å². The topological polar surface area (TPSA) is 46.1 Å². The second-order valence-electron chi connectivity index (χ2n) is 4.76. The van der Waals surface area contributed by atoms with Gasteiger partial charge in [-0.2, -0.15) is 0 Å². The Labute approximate surface area is 129 Å². The Morgan fingerprint density at radius 2 is 1.90 bits per heavy atom. The molecule has 110 valence electrons. The lowest BCUT2D eigenvalue weighted by atomic mass is 10.2. The maximum Gasteiger partial charge on any atom is 0.235 e. The van der Waals surface area contributed by atoms with Crippen molar-refractivity contribution in [2.75, 3.05) is 13.6 Å². The summed E-state index contributed by atoms with van der Waals surface area (Å²) in [5, 5.41) is 0.727. The molecule has 0 aliphatic rings. The predicted octanol–water partition coefficient (Wildman–Crippen LogP) is 2.66. The lowest BCUT2D eigenvalue weighted by Crippen LogP contribution is -2.34. The van der Waals surface area contributed by atoms with Gasteiger partial charge in [0.2, 0.25) is 5.91 Å². The Kier molecular flexibility index (Phi) is 5.75. The summed E-state index contributed by atoms with van der Waals surface area (Å²) in [5.74, 6) is 0.113. The third-order valence-electron chi connectivity index (χ3n) is 3.09. The van der Waals surface area contributed by atoms with E-state index in [4.69, 9.17) is 0 Å². The molecule has 0 aliphatic heterocycles. The van der Waals surface area contributed by atoms with E-state index in [0.29, 0.717) is 6.54 Å². The third-order valence-corrected chi connectivity index (χ3v) is 4.13. The van der Waals surface area contributed by atoms with Crippen molar-refractivity contribution in [3.63, 3.8) is 0 Å². The predicted molar refractivity (Wildman–Crippen MR) is 85.1 cm³/mol. The molecule has 1 amide bonds. The average Bonchev–Trinajstić information content (AvgIpc) is 2.53. The van der Waals surface area contributed by atoms with Gasteiger partial charge < -0.3 is 4.90 Å². The van der Waals surface area contributed by atoms with Crippen molar-refractivity contribution >= 4 is 17.7 Å². The van der Waals surface area contributed by atoms with E-state index < -0.39 is 0 Å². The molecule has 2 rings (SSSR count). The maximum absolute atomic E-state index is 12.3. The van der Waals surface area contributed by atoms with Crippen LogP contribution in [0, 0.1) is 0 Å². The van der Waals surface area contributed by atoms with Crippen LogP contribution >= 0.6 is 11.8 Å². The molecule has 0 aromatic carbocycles. The van der Waals surface area contributed by atoms with Gasteiger partial charge in [0.05, 0.1) is 10.3 Å². The molecule has 1 atom stereocenters. The zero-order chi connectivity index (χ0) is 15.1. The van der Waals surface area contributed by atoms with Gasteiger partial charge in [-0.05, 0) is 31.2 Å². The van der Waals surface area contributed by atoms with Crippen LogP contribution in [0.15, 0.2) is 53.8 Å². The zero-order valence-electron chi connectivity index (χ0n) is 12.3. The highest BCUT2D eigenvalue weighted by Crippen LogP contribution is 2.21. The minimum atomic E-state index is -0.145. The monoisotopic (exact) mass is 301 g/mol. The first-order chi connectivity index (χ1) is 10.2. The quantitative estimate of drug-likeness (QED) is 0.770. The minimum Gasteiger partial charge on any atom is -0.344 e. The second kappa shape index (κ2) is 7.78. The number of carbonyl (C=O) groups excluding carboxylic acids is 1. The molecule has 0 radical (unpaired) electrons. The minimum absolute atomic E-state index is 0.113. The Morgan fingerprint density at radius 3 is 2.52 bits per heavy atom. The van der Waals surface area contributed by atoms with Gasteiger partial charge in [0, 0.05) is 38.1 Å². The van der Waals surface area contributed by atoms with Gasteiger partial charge in [-0.1, -0.05) is 23.9 Å². The van der Waals surface area contributed by atoms with Crippen molar-refractivity contribution in [2.45, 2.75) is 23.6 Å². The van der Waals surface area contributed by atoms with Crippen LogP contribution in [0.5, 0.6) is 0 Å². The largest absolute Gasteiger partial charge is 0.344 e. The first-order valence-electron chi connectivity index (χ1n) is 6.89. The fraction of sp³-hybridized carbons (Fsp3) is 0.312. The first-order valence-corrected chi connectivity index (χ1v) is 7.77. The van der Waals surface area contributed by atoms with Crippen LogP contribution in [0.1, 0.15) is 12.6 Å². The fourth-order valence-electron chi connectivity index (χ4n) is 1.90. The van der Waals surface area contributed by atoms with Crippen LogP contribution in [0.4, 0.5) is 0 Å². The van der Waals surface area contributed by atoms with E-state index in [2.05, 4.69) is 9.97 Å². The first kappa shape index (κ1) is 15.5. The lowest BCUT2D eigenvalue weighted by molar-refractivity contribution is -0.129. The molecule has 0 saturated heterocycles. The molecule has 0 aliphatic carbocycles. The summed E-state index contributed by atoms with van der Waals surface area (Å²) in [6, 6.07) is 11.5. The number of carbonyl (C=O) groups is 1. The molecule has 2 aromatic heterocycles. The molecule has 2 aromatic rings. The highest BCUT2D eigenvalue weighted by Gasteiger charge is 2.18. The van der Waals surface area contributed by atoms with E-state index >= 15 is 0 Å². The molecule has 0 saturated carbocycles. The molecular weight excluding hydrogens is 282 g/mol. The van der Waals surface area contributed by atoms with Crippen LogP contribution in [-0.4, -0.2) is 39.6 Å². The lowest BCUT2D eigenvalue weighted by Gasteiger charge is -2.20. The van der Waals surface area contributed by atoms with Gasteiger partial charge in [0.15, 0.2) is 0 Å². The van der Waals surface area contributed by atoms with Gasteiger partial charge in [-0.15, -0.1) is 0 Å². The van der Waals surface area contributed by atoms with Crippen LogP contribution in [0.25, 0.3) is 0 Å². The molecule has 5 heteroatoms. The number of thioether (sulfide) groups is 1. The molecule has 2 heterocycles. The molecule has 0 N–H and O–H groups in total. The molecule has 0 fully saturated rings. The van der Waals surface area contributed by atoms with Crippen molar-refractivity contribution in [1.82, 2.24) is 14.9 Å². The highest BCUT2D eigenvalue weighted by molar-refractivity contribution is 8.00. The molecule has 1 unspecified atom stereocenters. The fourth-order valence-corrected chi connectivity index (χ4v) is 2.82. The number of nitrogens with zero attached hydrogens (tertiary/aromatic N) is 3. The number of aromatic nitrogens is 2. The highest BCUT2D eigenvalue weighted by atomic mass is 32.2. The summed E-state index contributed by atoms with van der Waals surface area (Å²) < 4.78 is 0. The van der Waals surface area contributed by atoms with Crippen molar-refractivity contribution < 1.29 is 4.79 Å². The van der Waals surface area contributed by atoms with E-state index in [-0.39, 0.29) is 11.2 Å². The van der Waals surface area contributed by atoms with Crippen LogP contribution in [-0.2, 0) is 11.2 Å². The maximum atomic E-state index is 12.3. The van der Waals surface area contributed by atoms with Crippen molar-refractivity contribution in [2.24, 2.45) is 0 Å². The summed E-state index contributed by atoms with van der Waals surface area (Å²) in [4.78, 5) is 22.6. The van der Waals surface area contributed by atoms with Gasteiger partial charge >= 0.3 is 0 Å². The van der Waals surface area contributed by atoms with Crippen molar-refractivity contribution in [3.8, 4) is 0 Å². The van der Waals surface area contributed by atoms with Crippen molar-refractivity contribution in [3.05, 3.63) is 54.5 Å². The molecule has 0 spiro atoms. The van der Waals surface area contributed by atoms with Crippen LogP contribution in [0.3, 0.4) is 0 Å². The van der Waals surface area contributed by atoms with Gasteiger partial charge in [0.1, 0.15) is 0 Å². The number of hydrogen-bond acceptors (Lipinski definition) is 4. The second-order valence-corrected chi connectivity index (χ2v) is 6.12. The summed E-state index contributed by atoms with van der Waals surface area (Å²) in [7, 11) is 1.83. The number of hydrogen-bond donors (Lipinski definition) is 0. The smallest absolute Gasteiger partial charge is 0.235 e. The molecule has 0 bridgehead atoms. The number of likely N-dealkylation sites (N-methyl/N-ethyl adjacent to an activating group) is 1. The number of rotatable bonds is 6. The van der Waals surface area contributed by atoms with E-state index in [9.17, 15) is 4.79 Å². The standard InChI is InChI=1S/C16H19N3OS/c1-13(21-15-8-4-6-11-18-15)16(20)19(2)12-9-14-7-3-5-10-17-14/h3-8,10-11,13H,9,12H2,1-2H3. The molecule has 21 heavy (non-hydrogen) atoms. The SMILES string of the molecule is CC(Sc1ccccn1)C(=O)N(C)CCc1ccccn1. The normalized spacial score (nSPS) is 11.9. The third kappa shape index (κ3) is 4.86. The van der Waals surface area contributed by atoms with E-state index in [1.807, 2.05) is 50.4 Å². The Morgan fingerprint density at radius 1 is 1.19 bits per heavy atom. The Hall–Kier alpha value is -1.88. The van der Waals surface area contributed by atoms with Gasteiger partial charge in [0.25, 0.3) is 0 Å². The van der Waals surface area contributed by atoms with E-state index in [1.54, 1.807) is 17.3 Å². The van der Waals surface area contributed by atoms with Gasteiger partial charge in [-0.3, -0.25) is 9.78 Å². The summed E-state index contributed by atoms with van der Waals surface area (Å²) in [6.45, 7) is 2.59.